The summed E-state index contributed by atoms with van der Waals surface area (Å²) in [4.78, 5) is 25.3. The number of anilines is 1. The van der Waals surface area contributed by atoms with Gasteiger partial charge in [-0.05, 0) is 35.9 Å². The van der Waals surface area contributed by atoms with Crippen molar-refractivity contribution in [3.05, 3.63) is 84.9 Å². The molecule has 3 aromatic heterocycles. The van der Waals surface area contributed by atoms with Crippen molar-refractivity contribution in [1.29, 1.82) is 0 Å². The Bertz CT molecular complexity index is 1050. The first kappa shape index (κ1) is 15.9. The molecular weight excluding hydrogens is 324 g/mol. The summed E-state index contributed by atoms with van der Waals surface area (Å²) in [5.74, 6) is -0.0859. The molecule has 1 amide bonds. The fraction of sp³-hybridized carbons (Fsp3) is 0.0476. The highest BCUT2D eigenvalue weighted by atomic mass is 16.1. The van der Waals surface area contributed by atoms with E-state index in [1.807, 2.05) is 42.5 Å². The van der Waals surface area contributed by atoms with Gasteiger partial charge in [-0.15, -0.1) is 0 Å². The minimum atomic E-state index is -0.0859. The maximum atomic E-state index is 12.4. The van der Waals surface area contributed by atoms with Crippen molar-refractivity contribution in [2.75, 3.05) is 5.32 Å². The Morgan fingerprint density at radius 3 is 2.58 bits per heavy atom. The SMILES string of the molecule is O=C(Cc1cccc2ccc(-c3cccnc3)nc12)Nc1ccncc1. The predicted octanol–water partition coefficient (Wildman–Crippen LogP) is 3.87. The first-order valence-corrected chi connectivity index (χ1v) is 8.28. The van der Waals surface area contributed by atoms with Crippen LogP contribution in [0.1, 0.15) is 5.56 Å². The summed E-state index contributed by atoms with van der Waals surface area (Å²) >= 11 is 0. The van der Waals surface area contributed by atoms with Crippen LogP contribution >= 0.6 is 0 Å². The molecule has 0 saturated carbocycles. The summed E-state index contributed by atoms with van der Waals surface area (Å²) in [5, 5.41) is 3.89. The maximum absolute atomic E-state index is 12.4. The number of aromatic nitrogens is 3. The van der Waals surface area contributed by atoms with E-state index >= 15 is 0 Å². The van der Waals surface area contributed by atoms with E-state index < -0.39 is 0 Å². The molecule has 0 unspecified atom stereocenters. The Balaban J connectivity index is 1.65. The van der Waals surface area contributed by atoms with Crippen molar-refractivity contribution in [2.45, 2.75) is 6.42 Å². The summed E-state index contributed by atoms with van der Waals surface area (Å²) in [6, 6.07) is 17.3. The standard InChI is InChI=1S/C21H16N4O/c26-20(24-18-8-11-22-12-9-18)13-16-4-1-3-15-6-7-19(25-21(15)16)17-5-2-10-23-14-17/h1-12,14H,13H2,(H,22,24,26). The average Bonchev–Trinajstić information content (AvgIpc) is 2.69. The molecule has 0 saturated heterocycles. The van der Waals surface area contributed by atoms with Crippen LogP contribution in [0, 0.1) is 0 Å². The number of pyridine rings is 3. The average molecular weight is 340 g/mol. The van der Waals surface area contributed by atoms with Crippen molar-refractivity contribution >= 4 is 22.5 Å². The van der Waals surface area contributed by atoms with E-state index in [1.54, 1.807) is 36.9 Å². The highest BCUT2D eigenvalue weighted by Gasteiger charge is 2.10. The van der Waals surface area contributed by atoms with E-state index in [0.717, 1.165) is 33.4 Å². The van der Waals surface area contributed by atoms with Gasteiger partial charge in [-0.3, -0.25) is 14.8 Å². The number of carbonyl (C=O) groups is 1. The molecule has 4 aromatic rings. The molecule has 0 atom stereocenters. The van der Waals surface area contributed by atoms with E-state index in [-0.39, 0.29) is 12.3 Å². The molecule has 0 aliphatic rings. The Morgan fingerprint density at radius 2 is 1.77 bits per heavy atom. The second-order valence-electron chi connectivity index (χ2n) is 5.89. The third-order valence-electron chi connectivity index (χ3n) is 4.08. The van der Waals surface area contributed by atoms with Gasteiger partial charge in [-0.1, -0.05) is 24.3 Å². The summed E-state index contributed by atoms with van der Waals surface area (Å²) in [6.45, 7) is 0. The molecule has 26 heavy (non-hydrogen) atoms. The van der Waals surface area contributed by atoms with Gasteiger partial charge in [0.1, 0.15) is 0 Å². The Hall–Kier alpha value is -3.60. The molecule has 0 radical (unpaired) electrons. The topological polar surface area (TPSA) is 67.8 Å². The molecule has 1 N–H and O–H groups in total. The zero-order valence-electron chi connectivity index (χ0n) is 14.0. The number of para-hydroxylation sites is 1. The van der Waals surface area contributed by atoms with E-state index in [9.17, 15) is 4.79 Å². The molecule has 5 nitrogen and oxygen atoms in total. The van der Waals surface area contributed by atoms with Crippen molar-refractivity contribution < 1.29 is 4.79 Å². The molecule has 4 rings (SSSR count). The molecular formula is C21H16N4O. The van der Waals surface area contributed by atoms with Crippen molar-refractivity contribution in [3.63, 3.8) is 0 Å². The number of fused-ring (bicyclic) bond motifs is 1. The summed E-state index contributed by atoms with van der Waals surface area (Å²) in [7, 11) is 0. The van der Waals surface area contributed by atoms with Gasteiger partial charge in [0, 0.05) is 41.4 Å². The molecule has 0 aliphatic heterocycles. The maximum Gasteiger partial charge on any atom is 0.228 e. The van der Waals surface area contributed by atoms with Gasteiger partial charge in [0.15, 0.2) is 0 Å². The van der Waals surface area contributed by atoms with Gasteiger partial charge >= 0.3 is 0 Å². The number of hydrogen-bond acceptors (Lipinski definition) is 4. The lowest BCUT2D eigenvalue weighted by Crippen LogP contribution is -2.14. The lowest BCUT2D eigenvalue weighted by molar-refractivity contribution is -0.115. The van der Waals surface area contributed by atoms with Crippen LogP contribution in [0.3, 0.4) is 0 Å². The Labute approximate surface area is 150 Å². The van der Waals surface area contributed by atoms with Gasteiger partial charge in [0.2, 0.25) is 5.91 Å². The first-order chi connectivity index (χ1) is 12.8. The first-order valence-electron chi connectivity index (χ1n) is 8.28. The van der Waals surface area contributed by atoms with Crippen LogP contribution in [-0.2, 0) is 11.2 Å². The van der Waals surface area contributed by atoms with Crippen molar-refractivity contribution in [1.82, 2.24) is 15.0 Å². The zero-order chi connectivity index (χ0) is 17.8. The Morgan fingerprint density at radius 1 is 0.885 bits per heavy atom. The smallest absolute Gasteiger partial charge is 0.228 e. The van der Waals surface area contributed by atoms with Crippen LogP contribution in [0.25, 0.3) is 22.2 Å². The summed E-state index contributed by atoms with van der Waals surface area (Å²) in [6.07, 6.45) is 7.07. The van der Waals surface area contributed by atoms with Crippen LogP contribution in [-0.4, -0.2) is 20.9 Å². The zero-order valence-corrected chi connectivity index (χ0v) is 14.0. The monoisotopic (exact) mass is 340 g/mol. The molecule has 3 heterocycles. The number of nitrogens with one attached hydrogen (secondary N) is 1. The minimum Gasteiger partial charge on any atom is -0.326 e. The van der Waals surface area contributed by atoms with E-state index in [1.165, 1.54) is 0 Å². The van der Waals surface area contributed by atoms with Gasteiger partial charge < -0.3 is 5.32 Å². The van der Waals surface area contributed by atoms with Gasteiger partial charge in [0.05, 0.1) is 17.6 Å². The second kappa shape index (κ2) is 7.11. The van der Waals surface area contributed by atoms with Crippen LogP contribution in [0.15, 0.2) is 79.4 Å². The third kappa shape index (κ3) is 3.42. The lowest BCUT2D eigenvalue weighted by atomic mass is 10.0. The normalized spacial score (nSPS) is 10.6. The number of benzene rings is 1. The fourth-order valence-corrected chi connectivity index (χ4v) is 2.84. The van der Waals surface area contributed by atoms with Crippen LogP contribution < -0.4 is 5.32 Å². The number of nitrogens with zero attached hydrogens (tertiary/aromatic N) is 3. The predicted molar refractivity (Wildman–Crippen MR) is 102 cm³/mol. The largest absolute Gasteiger partial charge is 0.326 e. The van der Waals surface area contributed by atoms with Gasteiger partial charge in [0.25, 0.3) is 0 Å². The molecule has 1 aromatic carbocycles. The highest BCUT2D eigenvalue weighted by molar-refractivity contribution is 5.95. The Kier molecular flexibility index (Phi) is 4.35. The van der Waals surface area contributed by atoms with Crippen molar-refractivity contribution in [2.24, 2.45) is 0 Å². The molecule has 0 bridgehead atoms. The second-order valence-corrected chi connectivity index (χ2v) is 5.89. The molecule has 0 fully saturated rings. The van der Waals surface area contributed by atoms with Crippen molar-refractivity contribution in [3.8, 4) is 11.3 Å². The third-order valence-corrected chi connectivity index (χ3v) is 4.08. The number of rotatable bonds is 4. The van der Waals surface area contributed by atoms with Gasteiger partial charge in [-0.25, -0.2) is 4.98 Å². The summed E-state index contributed by atoms with van der Waals surface area (Å²) in [5.41, 5.74) is 4.24. The number of hydrogen-bond donors (Lipinski definition) is 1. The quantitative estimate of drug-likeness (QED) is 0.612. The molecule has 5 heteroatoms. The highest BCUT2D eigenvalue weighted by Crippen LogP contribution is 2.23. The van der Waals surface area contributed by atoms with Crippen LogP contribution in [0.5, 0.6) is 0 Å². The molecule has 0 aliphatic carbocycles. The minimum absolute atomic E-state index is 0.0859. The van der Waals surface area contributed by atoms with Crippen LogP contribution in [0.4, 0.5) is 5.69 Å². The number of amides is 1. The fourth-order valence-electron chi connectivity index (χ4n) is 2.84. The van der Waals surface area contributed by atoms with E-state index in [2.05, 4.69) is 15.3 Å². The summed E-state index contributed by atoms with van der Waals surface area (Å²) < 4.78 is 0. The molecule has 0 spiro atoms. The van der Waals surface area contributed by atoms with E-state index in [0.29, 0.717) is 0 Å². The lowest BCUT2D eigenvalue weighted by Gasteiger charge is -2.09. The van der Waals surface area contributed by atoms with Gasteiger partial charge in [-0.2, -0.15) is 0 Å². The molecule has 126 valence electrons. The number of carbonyl (C=O) groups excluding carboxylic acids is 1. The van der Waals surface area contributed by atoms with E-state index in [4.69, 9.17) is 4.98 Å². The van der Waals surface area contributed by atoms with Crippen LogP contribution in [0.2, 0.25) is 0 Å².